The molecule has 3 aromatic rings. The third kappa shape index (κ3) is 6.33. The van der Waals surface area contributed by atoms with E-state index >= 15 is 0 Å². The predicted octanol–water partition coefficient (Wildman–Crippen LogP) is 5.94. The molecule has 3 aromatic carbocycles. The quantitative estimate of drug-likeness (QED) is 0.370. The fraction of sp³-hybridized carbons (Fsp3) is 0.269. The van der Waals surface area contributed by atoms with Crippen LogP contribution in [0.4, 0.5) is 0 Å². The molecule has 3 rings (SSSR count). The molecule has 151 valence electrons. The number of rotatable bonds is 6. The van der Waals surface area contributed by atoms with Crippen LogP contribution in [0.5, 0.6) is 5.75 Å². The summed E-state index contributed by atoms with van der Waals surface area (Å²) in [6.45, 7) is 11.2. The molecule has 0 aliphatic heterocycles. The molecule has 0 aliphatic carbocycles. The molecule has 1 atom stereocenters. The summed E-state index contributed by atoms with van der Waals surface area (Å²) < 4.78 is 5.84. The van der Waals surface area contributed by atoms with Crippen LogP contribution in [0.1, 0.15) is 53.4 Å². The Hall–Kier alpha value is -1.84. The van der Waals surface area contributed by atoms with Gasteiger partial charge in [-0.05, 0) is 67.5 Å². The minimum absolute atomic E-state index is 0. The summed E-state index contributed by atoms with van der Waals surface area (Å²) in [6.07, 6.45) is 0. The molecular formula is C26H29LiO2P. The fourth-order valence-corrected chi connectivity index (χ4v) is 4.44. The van der Waals surface area contributed by atoms with E-state index in [1.807, 2.05) is 68.4 Å². The van der Waals surface area contributed by atoms with Crippen LogP contribution in [0.15, 0.2) is 66.7 Å². The van der Waals surface area contributed by atoms with Gasteiger partial charge in [-0.3, -0.25) is 4.79 Å². The molecule has 30 heavy (non-hydrogen) atoms. The molecule has 0 bridgehead atoms. The second-order valence-electron chi connectivity index (χ2n) is 8.49. The normalized spacial score (nSPS) is 11.4. The summed E-state index contributed by atoms with van der Waals surface area (Å²) in [7, 11) is 0.109. The molecule has 0 spiro atoms. The van der Waals surface area contributed by atoms with E-state index in [4.69, 9.17) is 4.74 Å². The first-order chi connectivity index (χ1) is 13.7. The third-order valence-electron chi connectivity index (χ3n) is 4.99. The smallest absolute Gasteiger partial charge is 0.186 e. The molecule has 0 amide bonds. The van der Waals surface area contributed by atoms with E-state index in [-0.39, 0.29) is 38.4 Å². The number of carbonyl (C=O) groups excluding carboxylic acids is 1. The maximum absolute atomic E-state index is 13.0. The molecule has 0 saturated carbocycles. The largest absolute Gasteiger partial charge is 0.489 e. The van der Waals surface area contributed by atoms with Gasteiger partial charge in [0.15, 0.2) is 5.52 Å². The Balaban J connectivity index is 0.00000320. The molecule has 0 aliphatic rings. The Kier molecular flexibility index (Phi) is 8.51. The summed E-state index contributed by atoms with van der Waals surface area (Å²) in [5, 5.41) is 1.03. The van der Waals surface area contributed by atoms with Gasteiger partial charge in [0.05, 0.1) is 0 Å². The molecule has 2 nitrogen and oxygen atoms in total. The van der Waals surface area contributed by atoms with Gasteiger partial charge < -0.3 is 4.74 Å². The van der Waals surface area contributed by atoms with Gasteiger partial charge in [-0.2, -0.15) is 0 Å². The van der Waals surface area contributed by atoms with Crippen molar-refractivity contribution in [2.24, 2.45) is 0 Å². The van der Waals surface area contributed by atoms with E-state index in [9.17, 15) is 4.79 Å². The van der Waals surface area contributed by atoms with Crippen molar-refractivity contribution >= 4 is 38.3 Å². The molecule has 0 N–H and O–H groups in total. The van der Waals surface area contributed by atoms with Crippen LogP contribution in [0.25, 0.3) is 0 Å². The minimum atomic E-state index is 0. The van der Waals surface area contributed by atoms with Crippen LogP contribution in [-0.4, -0.2) is 24.4 Å². The minimum Gasteiger partial charge on any atom is -0.489 e. The average molecular weight is 411 g/mol. The molecule has 0 saturated heterocycles. The van der Waals surface area contributed by atoms with Gasteiger partial charge >= 0.3 is 0 Å². The molecule has 1 radical (unpaired) electrons. The van der Waals surface area contributed by atoms with Crippen molar-refractivity contribution in [2.75, 3.05) is 0 Å². The van der Waals surface area contributed by atoms with Gasteiger partial charge in [0.2, 0.25) is 0 Å². The van der Waals surface area contributed by atoms with E-state index in [1.54, 1.807) is 0 Å². The first-order valence-corrected chi connectivity index (χ1v) is 10.9. The topological polar surface area (TPSA) is 26.3 Å². The van der Waals surface area contributed by atoms with E-state index in [0.717, 1.165) is 33.3 Å². The van der Waals surface area contributed by atoms with Gasteiger partial charge in [0.1, 0.15) is 12.4 Å². The number of carbonyl (C=O) groups is 1. The van der Waals surface area contributed by atoms with E-state index in [1.165, 1.54) is 5.56 Å². The molecule has 0 aromatic heterocycles. The van der Waals surface area contributed by atoms with Crippen LogP contribution >= 0.6 is 8.58 Å². The van der Waals surface area contributed by atoms with Gasteiger partial charge in [-0.25, -0.2) is 0 Å². The molecule has 1 unspecified atom stereocenters. The van der Waals surface area contributed by atoms with Gasteiger partial charge in [-0.15, -0.1) is 0 Å². The van der Waals surface area contributed by atoms with Crippen LogP contribution in [-0.2, 0) is 12.0 Å². The van der Waals surface area contributed by atoms with Gasteiger partial charge in [-0.1, -0.05) is 75.4 Å². The molecule has 0 heterocycles. The first-order valence-electron chi connectivity index (χ1n) is 9.94. The zero-order valence-electron chi connectivity index (χ0n) is 18.9. The maximum atomic E-state index is 13.0. The second kappa shape index (κ2) is 10.5. The van der Waals surface area contributed by atoms with Crippen LogP contribution < -0.4 is 10.0 Å². The number of hydrogen-bond donors (Lipinski definition) is 0. The summed E-state index contributed by atoms with van der Waals surface area (Å²) in [5.74, 6) is 0.816. The summed E-state index contributed by atoms with van der Waals surface area (Å²) >= 11 is 0. The summed E-state index contributed by atoms with van der Waals surface area (Å²) in [4.78, 5) is 13.0. The van der Waals surface area contributed by atoms with Crippen molar-refractivity contribution in [2.45, 2.75) is 46.6 Å². The van der Waals surface area contributed by atoms with E-state index < -0.39 is 0 Å². The first kappa shape index (κ1) is 24.4. The number of benzene rings is 3. The van der Waals surface area contributed by atoms with Crippen molar-refractivity contribution < 1.29 is 9.53 Å². The van der Waals surface area contributed by atoms with Crippen molar-refractivity contribution in [3.63, 3.8) is 0 Å². The zero-order valence-corrected chi connectivity index (χ0v) is 19.9. The van der Waals surface area contributed by atoms with Crippen molar-refractivity contribution in [1.29, 1.82) is 0 Å². The van der Waals surface area contributed by atoms with E-state index in [2.05, 4.69) is 32.9 Å². The van der Waals surface area contributed by atoms with Crippen molar-refractivity contribution in [3.05, 3.63) is 94.5 Å². The Morgan fingerprint density at radius 2 is 1.47 bits per heavy atom. The van der Waals surface area contributed by atoms with E-state index in [0.29, 0.717) is 6.61 Å². The SMILES string of the molecule is Cc1cc(C(C)(C)C)cc(C)c1C(=O)Pc1ccc(OCc2ccccc2)cc1.[Li]. The van der Waals surface area contributed by atoms with Crippen molar-refractivity contribution in [3.8, 4) is 5.75 Å². The van der Waals surface area contributed by atoms with Gasteiger partial charge in [0, 0.05) is 24.4 Å². The van der Waals surface area contributed by atoms with Crippen molar-refractivity contribution in [1.82, 2.24) is 0 Å². The maximum Gasteiger partial charge on any atom is 0.186 e. The summed E-state index contributed by atoms with van der Waals surface area (Å²) in [6, 6.07) is 22.3. The predicted molar refractivity (Wildman–Crippen MR) is 130 cm³/mol. The number of ether oxygens (including phenoxy) is 1. The molecule has 4 heteroatoms. The second-order valence-corrected chi connectivity index (χ2v) is 9.77. The average Bonchev–Trinajstić information content (AvgIpc) is 2.67. The zero-order chi connectivity index (χ0) is 21.0. The van der Waals surface area contributed by atoms with Crippen LogP contribution in [0.3, 0.4) is 0 Å². The standard InChI is InChI=1S/C26H29O2P.Li/c1-18-15-21(26(3,4)5)16-19(2)24(18)25(27)29-23-13-11-22(12-14-23)28-17-20-9-7-6-8-10-20;/h6-16,29H,17H2,1-5H3;. The molecule has 0 fully saturated rings. The fourth-order valence-electron chi connectivity index (χ4n) is 3.32. The monoisotopic (exact) mass is 411 g/mol. The van der Waals surface area contributed by atoms with Crippen LogP contribution in [0, 0.1) is 13.8 Å². The summed E-state index contributed by atoms with van der Waals surface area (Å²) in [5.41, 5.74) is 5.67. The molecular weight excluding hydrogens is 382 g/mol. The van der Waals surface area contributed by atoms with Gasteiger partial charge in [0.25, 0.3) is 0 Å². The third-order valence-corrected chi connectivity index (χ3v) is 6.09. The number of aryl methyl sites for hydroxylation is 2. The Morgan fingerprint density at radius 3 is 2.00 bits per heavy atom. The van der Waals surface area contributed by atoms with Crippen LogP contribution in [0.2, 0.25) is 0 Å². The number of hydrogen-bond acceptors (Lipinski definition) is 2. The Bertz CT molecular complexity index is 967. The Labute approximate surface area is 194 Å². The Morgan fingerprint density at radius 1 is 0.900 bits per heavy atom.